The Hall–Kier alpha value is -2.57. The Balaban J connectivity index is 1.52. The van der Waals surface area contributed by atoms with E-state index in [1.165, 1.54) is 4.90 Å². The van der Waals surface area contributed by atoms with Gasteiger partial charge in [0, 0.05) is 25.6 Å². The molecule has 1 aromatic carbocycles. The molecule has 1 aliphatic carbocycles. The van der Waals surface area contributed by atoms with Gasteiger partial charge < -0.3 is 15.0 Å². The van der Waals surface area contributed by atoms with Gasteiger partial charge in [-0.1, -0.05) is 12.1 Å². The molecule has 1 saturated heterocycles. The molecule has 2 fully saturated rings. The van der Waals surface area contributed by atoms with Crippen LogP contribution in [-0.2, 0) is 16.1 Å². The molecule has 7 nitrogen and oxygen atoms in total. The van der Waals surface area contributed by atoms with E-state index in [1.807, 2.05) is 29.2 Å². The highest BCUT2D eigenvalue weighted by atomic mass is 16.5. The molecular weight excluding hydrogens is 322 g/mol. The van der Waals surface area contributed by atoms with E-state index in [1.54, 1.807) is 7.11 Å². The van der Waals surface area contributed by atoms with Gasteiger partial charge in [0.1, 0.15) is 5.75 Å². The highest BCUT2D eigenvalue weighted by Crippen LogP contribution is 2.29. The molecule has 0 unspecified atom stereocenters. The second kappa shape index (κ2) is 7.55. The van der Waals surface area contributed by atoms with E-state index in [2.05, 4.69) is 5.32 Å². The van der Waals surface area contributed by atoms with Gasteiger partial charge in [0.05, 0.1) is 13.7 Å². The van der Waals surface area contributed by atoms with Crippen molar-refractivity contribution < 1.29 is 19.1 Å². The number of carbonyl (C=O) groups is 3. The number of urea groups is 1. The maximum absolute atomic E-state index is 12.6. The van der Waals surface area contributed by atoms with Gasteiger partial charge in [-0.25, -0.2) is 4.79 Å². The van der Waals surface area contributed by atoms with Gasteiger partial charge in [0.15, 0.2) is 0 Å². The summed E-state index contributed by atoms with van der Waals surface area (Å²) in [5.74, 6) is 0.640. The number of nitrogens with one attached hydrogen (secondary N) is 1. The molecule has 2 aliphatic rings. The smallest absolute Gasteiger partial charge is 0.324 e. The summed E-state index contributed by atoms with van der Waals surface area (Å²) in [6.45, 7) is 0.923. The van der Waals surface area contributed by atoms with Crippen LogP contribution in [-0.4, -0.2) is 53.9 Å². The van der Waals surface area contributed by atoms with Crippen molar-refractivity contribution in [2.24, 2.45) is 0 Å². The van der Waals surface area contributed by atoms with Gasteiger partial charge in [-0.2, -0.15) is 0 Å². The summed E-state index contributed by atoms with van der Waals surface area (Å²) in [6, 6.07) is 7.66. The number of methoxy groups -OCH3 is 1. The Labute approximate surface area is 146 Å². The number of rotatable bonds is 8. The van der Waals surface area contributed by atoms with Gasteiger partial charge in [0.25, 0.3) is 0 Å². The third-order valence-corrected chi connectivity index (χ3v) is 4.53. The van der Waals surface area contributed by atoms with Crippen molar-refractivity contribution in [2.45, 2.75) is 38.3 Å². The van der Waals surface area contributed by atoms with Crippen molar-refractivity contribution in [3.8, 4) is 5.75 Å². The van der Waals surface area contributed by atoms with Crippen molar-refractivity contribution in [2.75, 3.05) is 20.2 Å². The Bertz CT molecular complexity index is 639. The third-order valence-electron chi connectivity index (χ3n) is 4.53. The second-order valence-corrected chi connectivity index (χ2v) is 6.41. The molecule has 1 saturated carbocycles. The van der Waals surface area contributed by atoms with Crippen LogP contribution in [0, 0.1) is 0 Å². The van der Waals surface area contributed by atoms with E-state index < -0.39 is 0 Å². The van der Waals surface area contributed by atoms with Gasteiger partial charge in [-0.05, 0) is 37.0 Å². The normalized spacial score (nSPS) is 16.8. The molecular formula is C18H23N3O4. The molecule has 1 heterocycles. The van der Waals surface area contributed by atoms with Crippen molar-refractivity contribution in [3.05, 3.63) is 29.8 Å². The summed E-state index contributed by atoms with van der Waals surface area (Å²) >= 11 is 0. The molecule has 1 N–H and O–H groups in total. The molecule has 0 atom stereocenters. The van der Waals surface area contributed by atoms with Crippen LogP contribution < -0.4 is 10.1 Å². The fourth-order valence-electron chi connectivity index (χ4n) is 2.95. The Morgan fingerprint density at radius 2 is 2.00 bits per heavy atom. The average molecular weight is 345 g/mol. The summed E-state index contributed by atoms with van der Waals surface area (Å²) < 4.78 is 5.16. The van der Waals surface area contributed by atoms with Crippen molar-refractivity contribution in [1.29, 1.82) is 0 Å². The first-order valence-electron chi connectivity index (χ1n) is 8.59. The monoisotopic (exact) mass is 345 g/mol. The fourth-order valence-corrected chi connectivity index (χ4v) is 2.95. The molecule has 0 bridgehead atoms. The van der Waals surface area contributed by atoms with E-state index in [0.717, 1.165) is 24.2 Å². The third kappa shape index (κ3) is 4.29. The summed E-state index contributed by atoms with van der Waals surface area (Å²) in [5.41, 5.74) is 1.06. The number of hydrogen-bond donors (Lipinski definition) is 1. The molecule has 4 amide bonds. The second-order valence-electron chi connectivity index (χ2n) is 6.41. The van der Waals surface area contributed by atoms with Crippen LogP contribution in [0.4, 0.5) is 4.79 Å². The molecule has 134 valence electrons. The van der Waals surface area contributed by atoms with Gasteiger partial charge >= 0.3 is 6.03 Å². The first kappa shape index (κ1) is 17.3. The number of carbonyl (C=O) groups excluding carboxylic acids is 3. The van der Waals surface area contributed by atoms with Crippen molar-refractivity contribution in [3.63, 3.8) is 0 Å². The molecule has 25 heavy (non-hydrogen) atoms. The van der Waals surface area contributed by atoms with E-state index in [-0.39, 0.29) is 30.9 Å². The van der Waals surface area contributed by atoms with Crippen LogP contribution in [0.25, 0.3) is 0 Å². The zero-order valence-corrected chi connectivity index (χ0v) is 14.4. The molecule has 1 aliphatic heterocycles. The standard InChI is InChI=1S/C18H23N3O4/c1-25-15-8-4-13(5-9-15)12-21(14-6-7-14)16(22)3-2-10-20-17(23)11-19-18(20)24/h4-5,8-9,14H,2-3,6-7,10-12H2,1H3,(H,19,24). The van der Waals surface area contributed by atoms with Crippen LogP contribution in [0.2, 0.25) is 0 Å². The molecule has 0 radical (unpaired) electrons. The summed E-state index contributed by atoms with van der Waals surface area (Å²) in [6.07, 6.45) is 2.90. The zero-order chi connectivity index (χ0) is 17.8. The molecule has 1 aromatic rings. The van der Waals surface area contributed by atoms with Crippen molar-refractivity contribution >= 4 is 17.8 Å². The van der Waals surface area contributed by atoms with E-state index in [4.69, 9.17) is 4.74 Å². The van der Waals surface area contributed by atoms with Crippen LogP contribution in [0.15, 0.2) is 24.3 Å². The van der Waals surface area contributed by atoms with Gasteiger partial charge in [-0.15, -0.1) is 0 Å². The number of amides is 4. The average Bonchev–Trinajstić information content (AvgIpc) is 3.41. The van der Waals surface area contributed by atoms with Gasteiger partial charge in [0.2, 0.25) is 11.8 Å². The van der Waals surface area contributed by atoms with Crippen molar-refractivity contribution in [1.82, 2.24) is 15.1 Å². The van der Waals surface area contributed by atoms with Crippen LogP contribution in [0.1, 0.15) is 31.2 Å². The number of hydrogen-bond acceptors (Lipinski definition) is 4. The minimum Gasteiger partial charge on any atom is -0.497 e. The predicted octanol–water partition coefficient (Wildman–Crippen LogP) is 1.52. The van der Waals surface area contributed by atoms with E-state index >= 15 is 0 Å². The number of ether oxygens (including phenoxy) is 1. The summed E-state index contributed by atoms with van der Waals surface area (Å²) in [7, 11) is 1.63. The minimum atomic E-state index is -0.366. The predicted molar refractivity (Wildman–Crippen MR) is 90.9 cm³/mol. The first-order chi connectivity index (χ1) is 12.1. The number of benzene rings is 1. The Morgan fingerprint density at radius 1 is 1.28 bits per heavy atom. The Morgan fingerprint density at radius 3 is 2.56 bits per heavy atom. The van der Waals surface area contributed by atoms with Gasteiger partial charge in [-0.3, -0.25) is 14.5 Å². The summed E-state index contributed by atoms with van der Waals surface area (Å²) in [5, 5.41) is 2.48. The molecule has 0 spiro atoms. The first-order valence-corrected chi connectivity index (χ1v) is 8.59. The highest BCUT2D eigenvalue weighted by molar-refractivity contribution is 6.01. The van der Waals surface area contributed by atoms with Crippen LogP contribution in [0.5, 0.6) is 5.75 Å². The number of imide groups is 1. The van der Waals surface area contributed by atoms with E-state index in [9.17, 15) is 14.4 Å². The SMILES string of the molecule is COc1ccc(CN(C(=O)CCCN2C(=O)CNC2=O)C2CC2)cc1. The molecule has 3 rings (SSSR count). The molecule has 0 aromatic heterocycles. The van der Waals surface area contributed by atoms with Crippen LogP contribution >= 0.6 is 0 Å². The minimum absolute atomic E-state index is 0.0540. The maximum Gasteiger partial charge on any atom is 0.324 e. The summed E-state index contributed by atoms with van der Waals surface area (Å²) in [4.78, 5) is 38.7. The fraction of sp³-hybridized carbons (Fsp3) is 0.500. The lowest BCUT2D eigenvalue weighted by Crippen LogP contribution is -2.35. The topological polar surface area (TPSA) is 79.0 Å². The lowest BCUT2D eigenvalue weighted by Gasteiger charge is -2.23. The zero-order valence-electron chi connectivity index (χ0n) is 14.4. The molecule has 7 heteroatoms. The van der Waals surface area contributed by atoms with E-state index in [0.29, 0.717) is 25.4 Å². The van der Waals surface area contributed by atoms with Crippen LogP contribution in [0.3, 0.4) is 0 Å². The highest BCUT2D eigenvalue weighted by Gasteiger charge is 2.33. The quantitative estimate of drug-likeness (QED) is 0.725. The maximum atomic E-state index is 12.6. The lowest BCUT2D eigenvalue weighted by atomic mass is 10.2. The lowest BCUT2D eigenvalue weighted by molar-refractivity contribution is -0.133. The largest absolute Gasteiger partial charge is 0.497 e. The number of nitrogens with zero attached hydrogens (tertiary/aromatic N) is 2. The Kier molecular flexibility index (Phi) is 5.21.